The van der Waals surface area contributed by atoms with Crippen molar-refractivity contribution in [3.8, 4) is 5.75 Å². The second-order valence-electron chi connectivity index (χ2n) is 3.59. The Morgan fingerprint density at radius 2 is 2.35 bits per heavy atom. The molecule has 1 aromatic carbocycles. The smallest absolute Gasteiger partial charge is 0.313 e. The minimum atomic E-state index is -0.609. The Morgan fingerprint density at radius 3 is 3.00 bits per heavy atom. The number of nitrogens with zero attached hydrogens (tertiary/aromatic N) is 2. The van der Waals surface area contributed by atoms with E-state index in [0.717, 1.165) is 5.56 Å². The van der Waals surface area contributed by atoms with Gasteiger partial charge in [0.05, 0.1) is 4.92 Å². The van der Waals surface area contributed by atoms with Gasteiger partial charge in [0.25, 0.3) is 0 Å². The number of hydrogen-bond donors (Lipinski definition) is 2. The molecule has 88 valence electrons. The molecule has 0 radical (unpaired) electrons. The first kappa shape index (κ1) is 11.3. The molecule has 6 nitrogen and oxygen atoms in total. The summed E-state index contributed by atoms with van der Waals surface area (Å²) in [6.07, 6.45) is 1.49. The fraction of sp³-hybridized carbons (Fsp3) is 0.182. The number of aromatic nitrogens is 1. The molecule has 0 aliphatic heterocycles. The summed E-state index contributed by atoms with van der Waals surface area (Å²) in [6.45, 7) is 0.476. The maximum atomic E-state index is 10.8. The zero-order chi connectivity index (χ0) is 12.4. The molecule has 0 aliphatic rings. The number of nitrogens with one attached hydrogen (secondary N) is 1. The molecule has 0 saturated heterocycles. The maximum absolute atomic E-state index is 10.8. The zero-order valence-electron chi connectivity index (χ0n) is 9.17. The van der Waals surface area contributed by atoms with Gasteiger partial charge < -0.3 is 10.4 Å². The molecule has 0 bridgehead atoms. The van der Waals surface area contributed by atoms with Crippen molar-refractivity contribution in [3.63, 3.8) is 0 Å². The number of nitro groups is 1. The van der Waals surface area contributed by atoms with Crippen molar-refractivity contribution in [2.45, 2.75) is 6.54 Å². The van der Waals surface area contributed by atoms with Crippen LogP contribution in [0.4, 0.5) is 5.69 Å². The van der Waals surface area contributed by atoms with Crippen molar-refractivity contribution >= 4 is 16.6 Å². The standard InChI is InChI=1S/C11H11N3O3/c1-12-6-7-5-9(14(16)17)11(15)10-8(7)3-2-4-13-10/h2-5,12,15H,6H2,1H3. The van der Waals surface area contributed by atoms with E-state index in [1.54, 1.807) is 19.2 Å². The molecule has 2 rings (SSSR count). The van der Waals surface area contributed by atoms with Crippen molar-refractivity contribution in [1.29, 1.82) is 0 Å². The number of phenolic OH excluding ortho intramolecular Hbond substituents is 1. The van der Waals surface area contributed by atoms with Crippen molar-refractivity contribution in [3.05, 3.63) is 40.1 Å². The van der Waals surface area contributed by atoms with Crippen LogP contribution in [0.1, 0.15) is 5.56 Å². The minimum Gasteiger partial charge on any atom is -0.501 e. The van der Waals surface area contributed by atoms with Crippen LogP contribution >= 0.6 is 0 Å². The number of rotatable bonds is 3. The van der Waals surface area contributed by atoms with E-state index >= 15 is 0 Å². The number of fused-ring (bicyclic) bond motifs is 1. The number of hydrogen-bond acceptors (Lipinski definition) is 5. The average Bonchev–Trinajstić information content (AvgIpc) is 2.33. The van der Waals surface area contributed by atoms with E-state index in [0.29, 0.717) is 11.9 Å². The van der Waals surface area contributed by atoms with Crippen molar-refractivity contribution < 1.29 is 10.0 Å². The fourth-order valence-corrected chi connectivity index (χ4v) is 1.76. The fourth-order valence-electron chi connectivity index (χ4n) is 1.76. The summed E-state index contributed by atoms with van der Waals surface area (Å²) in [7, 11) is 1.75. The van der Waals surface area contributed by atoms with Gasteiger partial charge in [0.2, 0.25) is 5.75 Å². The topological polar surface area (TPSA) is 88.3 Å². The van der Waals surface area contributed by atoms with Gasteiger partial charge in [-0.1, -0.05) is 6.07 Å². The van der Waals surface area contributed by atoms with E-state index in [4.69, 9.17) is 0 Å². The summed E-state index contributed by atoms with van der Waals surface area (Å²) in [4.78, 5) is 14.2. The van der Waals surface area contributed by atoms with E-state index < -0.39 is 4.92 Å². The molecular formula is C11H11N3O3. The predicted molar refractivity (Wildman–Crippen MR) is 62.8 cm³/mol. The predicted octanol–water partition coefficient (Wildman–Crippen LogP) is 1.57. The third kappa shape index (κ3) is 1.90. The van der Waals surface area contributed by atoms with Gasteiger partial charge in [0.15, 0.2) is 0 Å². The van der Waals surface area contributed by atoms with E-state index in [1.165, 1.54) is 12.3 Å². The van der Waals surface area contributed by atoms with Crippen LogP contribution in [0.2, 0.25) is 0 Å². The zero-order valence-corrected chi connectivity index (χ0v) is 9.17. The van der Waals surface area contributed by atoms with Crippen LogP contribution in [0.25, 0.3) is 10.9 Å². The lowest BCUT2D eigenvalue weighted by molar-refractivity contribution is -0.385. The summed E-state index contributed by atoms with van der Waals surface area (Å²) in [6, 6.07) is 4.88. The van der Waals surface area contributed by atoms with Gasteiger partial charge in [-0.05, 0) is 18.7 Å². The first-order valence-electron chi connectivity index (χ1n) is 5.03. The van der Waals surface area contributed by atoms with E-state index in [9.17, 15) is 15.2 Å². The maximum Gasteiger partial charge on any atom is 0.313 e. The molecular weight excluding hydrogens is 222 g/mol. The summed E-state index contributed by atoms with van der Waals surface area (Å²) in [5.41, 5.74) is 0.675. The van der Waals surface area contributed by atoms with Gasteiger partial charge in [0.1, 0.15) is 5.52 Å². The van der Waals surface area contributed by atoms with E-state index in [-0.39, 0.29) is 17.0 Å². The Morgan fingerprint density at radius 1 is 1.59 bits per heavy atom. The quantitative estimate of drug-likeness (QED) is 0.620. The molecule has 0 fully saturated rings. The normalized spacial score (nSPS) is 10.6. The van der Waals surface area contributed by atoms with Gasteiger partial charge in [-0.3, -0.25) is 15.1 Å². The van der Waals surface area contributed by atoms with Crippen molar-refractivity contribution in [1.82, 2.24) is 10.3 Å². The van der Waals surface area contributed by atoms with Crippen LogP contribution in [0.3, 0.4) is 0 Å². The SMILES string of the molecule is CNCc1cc([N+](=O)[O-])c(O)c2ncccc12. The molecule has 0 spiro atoms. The Kier molecular flexibility index (Phi) is 2.88. The second kappa shape index (κ2) is 4.34. The van der Waals surface area contributed by atoms with E-state index in [1.807, 2.05) is 0 Å². The first-order chi connectivity index (χ1) is 8.15. The molecule has 17 heavy (non-hydrogen) atoms. The Bertz CT molecular complexity index is 583. The van der Waals surface area contributed by atoms with Gasteiger partial charge in [0, 0.05) is 24.2 Å². The summed E-state index contributed by atoms with van der Waals surface area (Å²) in [5, 5.41) is 24.2. The van der Waals surface area contributed by atoms with E-state index in [2.05, 4.69) is 10.3 Å². The molecule has 0 unspecified atom stereocenters. The van der Waals surface area contributed by atoms with Crippen LogP contribution < -0.4 is 5.32 Å². The van der Waals surface area contributed by atoms with Gasteiger partial charge >= 0.3 is 5.69 Å². The second-order valence-corrected chi connectivity index (χ2v) is 3.59. The van der Waals surface area contributed by atoms with Crippen molar-refractivity contribution in [2.24, 2.45) is 0 Å². The monoisotopic (exact) mass is 233 g/mol. The highest BCUT2D eigenvalue weighted by Crippen LogP contribution is 2.35. The Hall–Kier alpha value is -2.21. The highest BCUT2D eigenvalue weighted by atomic mass is 16.6. The Balaban J connectivity index is 2.79. The van der Waals surface area contributed by atoms with Crippen molar-refractivity contribution in [2.75, 3.05) is 7.05 Å². The summed E-state index contributed by atoms with van der Waals surface area (Å²) < 4.78 is 0. The molecule has 0 amide bonds. The lowest BCUT2D eigenvalue weighted by atomic mass is 10.1. The number of aromatic hydroxyl groups is 1. The molecule has 2 N–H and O–H groups in total. The number of phenols is 1. The Labute approximate surface area is 97.1 Å². The molecule has 0 aliphatic carbocycles. The molecule has 0 atom stereocenters. The first-order valence-corrected chi connectivity index (χ1v) is 5.03. The molecule has 6 heteroatoms. The molecule has 0 saturated carbocycles. The van der Waals surface area contributed by atoms with Crippen LogP contribution in [0.15, 0.2) is 24.4 Å². The summed E-state index contributed by atoms with van der Waals surface area (Å²) in [5.74, 6) is -0.384. The lowest BCUT2D eigenvalue weighted by Gasteiger charge is -2.07. The number of benzene rings is 1. The third-order valence-corrected chi connectivity index (χ3v) is 2.50. The highest BCUT2D eigenvalue weighted by Gasteiger charge is 2.19. The van der Waals surface area contributed by atoms with Crippen LogP contribution in [-0.2, 0) is 6.54 Å². The molecule has 1 heterocycles. The molecule has 2 aromatic rings. The third-order valence-electron chi connectivity index (χ3n) is 2.50. The minimum absolute atomic E-state index is 0.256. The summed E-state index contributed by atoms with van der Waals surface area (Å²) >= 11 is 0. The largest absolute Gasteiger partial charge is 0.501 e. The van der Waals surface area contributed by atoms with Crippen LogP contribution in [0, 0.1) is 10.1 Å². The van der Waals surface area contributed by atoms with Gasteiger partial charge in [-0.25, -0.2) is 0 Å². The van der Waals surface area contributed by atoms with Gasteiger partial charge in [-0.15, -0.1) is 0 Å². The average molecular weight is 233 g/mol. The molecule has 1 aromatic heterocycles. The highest BCUT2D eigenvalue weighted by molar-refractivity contribution is 5.90. The number of nitro benzene ring substituents is 1. The van der Waals surface area contributed by atoms with Crippen LogP contribution in [-0.4, -0.2) is 22.1 Å². The number of pyridine rings is 1. The van der Waals surface area contributed by atoms with Gasteiger partial charge in [-0.2, -0.15) is 0 Å². The lowest BCUT2D eigenvalue weighted by Crippen LogP contribution is -2.06. The van der Waals surface area contributed by atoms with Crippen LogP contribution in [0.5, 0.6) is 5.75 Å².